The van der Waals surface area contributed by atoms with E-state index in [1.54, 1.807) is 6.92 Å². The van der Waals surface area contributed by atoms with Crippen LogP contribution in [0, 0.1) is 0 Å². The number of nitrogens with two attached hydrogens (primary N) is 1. The van der Waals surface area contributed by atoms with Crippen LogP contribution in [0.15, 0.2) is 54.6 Å². The fourth-order valence-electron chi connectivity index (χ4n) is 1.45. The Morgan fingerprint density at radius 1 is 0.882 bits per heavy atom. The van der Waals surface area contributed by atoms with E-state index in [1.165, 1.54) is 0 Å². The third-order valence-electron chi connectivity index (χ3n) is 2.13. The van der Waals surface area contributed by atoms with E-state index in [1.807, 2.05) is 54.6 Å². The number of hydrogen-bond donors (Lipinski definition) is 1. The van der Waals surface area contributed by atoms with E-state index >= 15 is 0 Å². The van der Waals surface area contributed by atoms with Gasteiger partial charge < -0.3 is 9.47 Å². The predicted molar refractivity (Wildman–Crippen MR) is 67.2 cm³/mol. The van der Waals surface area contributed by atoms with Gasteiger partial charge in [-0.15, -0.1) is 0 Å². The zero-order chi connectivity index (χ0) is 12.1. The van der Waals surface area contributed by atoms with Crippen molar-refractivity contribution >= 4 is 0 Å². The smallest absolute Gasteiger partial charge is 0.169 e. The highest BCUT2D eigenvalue weighted by Crippen LogP contribution is 2.31. The zero-order valence-electron chi connectivity index (χ0n) is 9.67. The Bertz CT molecular complexity index is 469. The van der Waals surface area contributed by atoms with Crippen molar-refractivity contribution in [2.24, 2.45) is 5.73 Å². The molecule has 0 bridgehead atoms. The average Bonchev–Trinajstić information content (AvgIpc) is 2.32. The van der Waals surface area contributed by atoms with E-state index in [4.69, 9.17) is 15.2 Å². The van der Waals surface area contributed by atoms with Crippen LogP contribution in [-0.4, -0.2) is 6.23 Å². The maximum Gasteiger partial charge on any atom is 0.169 e. The molecule has 0 saturated heterocycles. The summed E-state index contributed by atoms with van der Waals surface area (Å²) in [5.74, 6) is 2.08. The second-order valence-electron chi connectivity index (χ2n) is 3.68. The maximum atomic E-state index is 5.73. The van der Waals surface area contributed by atoms with Crippen LogP contribution in [0.5, 0.6) is 17.2 Å². The highest BCUT2D eigenvalue weighted by molar-refractivity contribution is 5.42. The molecule has 3 heteroatoms. The minimum Gasteiger partial charge on any atom is -0.472 e. The molecule has 17 heavy (non-hydrogen) atoms. The van der Waals surface area contributed by atoms with Gasteiger partial charge in [-0.3, -0.25) is 5.73 Å². The van der Waals surface area contributed by atoms with Crippen LogP contribution in [0.1, 0.15) is 6.92 Å². The molecule has 0 spiro atoms. The summed E-state index contributed by atoms with van der Waals surface area (Å²) in [5.41, 5.74) is 5.61. The van der Waals surface area contributed by atoms with Crippen molar-refractivity contribution in [3.05, 3.63) is 54.6 Å². The highest BCUT2D eigenvalue weighted by atomic mass is 16.5. The van der Waals surface area contributed by atoms with Crippen molar-refractivity contribution in [1.29, 1.82) is 0 Å². The third kappa shape index (κ3) is 3.23. The van der Waals surface area contributed by atoms with Gasteiger partial charge in [-0.25, -0.2) is 0 Å². The molecular weight excluding hydrogens is 214 g/mol. The first-order valence-electron chi connectivity index (χ1n) is 5.50. The topological polar surface area (TPSA) is 44.5 Å². The van der Waals surface area contributed by atoms with Gasteiger partial charge in [0.05, 0.1) is 0 Å². The molecule has 2 aromatic carbocycles. The molecule has 0 aliphatic rings. The molecule has 0 aromatic heterocycles. The van der Waals surface area contributed by atoms with Crippen LogP contribution in [0.2, 0.25) is 0 Å². The number of ether oxygens (including phenoxy) is 2. The maximum absolute atomic E-state index is 5.73. The van der Waals surface area contributed by atoms with Crippen LogP contribution in [0.3, 0.4) is 0 Å². The first-order valence-corrected chi connectivity index (χ1v) is 5.50. The van der Waals surface area contributed by atoms with E-state index in [-0.39, 0.29) is 6.23 Å². The first kappa shape index (κ1) is 11.5. The fourth-order valence-corrected chi connectivity index (χ4v) is 1.45. The molecule has 2 N–H and O–H groups in total. The lowest BCUT2D eigenvalue weighted by molar-refractivity contribution is 0.222. The molecule has 0 heterocycles. The van der Waals surface area contributed by atoms with Gasteiger partial charge in [-0.2, -0.15) is 0 Å². The van der Waals surface area contributed by atoms with Gasteiger partial charge in [0.25, 0.3) is 0 Å². The normalized spacial score (nSPS) is 11.9. The van der Waals surface area contributed by atoms with Crippen molar-refractivity contribution in [2.75, 3.05) is 0 Å². The van der Waals surface area contributed by atoms with Crippen molar-refractivity contribution < 1.29 is 9.47 Å². The Balaban J connectivity index is 2.20. The molecule has 0 fully saturated rings. The zero-order valence-corrected chi connectivity index (χ0v) is 9.67. The Morgan fingerprint density at radius 3 is 2.12 bits per heavy atom. The van der Waals surface area contributed by atoms with Gasteiger partial charge in [0, 0.05) is 0 Å². The molecule has 0 radical (unpaired) electrons. The highest BCUT2D eigenvalue weighted by Gasteiger charge is 2.06. The molecule has 0 amide bonds. The molecule has 0 aliphatic carbocycles. The molecular formula is C14H15NO2. The monoisotopic (exact) mass is 229 g/mol. The van der Waals surface area contributed by atoms with Gasteiger partial charge in [-0.05, 0) is 31.2 Å². The summed E-state index contributed by atoms with van der Waals surface area (Å²) in [6.45, 7) is 1.78. The fraction of sp³-hybridized carbons (Fsp3) is 0.143. The lowest BCUT2D eigenvalue weighted by Gasteiger charge is -2.14. The Labute approximate surface area is 101 Å². The molecule has 2 rings (SSSR count). The lowest BCUT2D eigenvalue weighted by Crippen LogP contribution is -2.22. The van der Waals surface area contributed by atoms with Crippen molar-refractivity contribution in [3.63, 3.8) is 0 Å². The third-order valence-corrected chi connectivity index (χ3v) is 2.13. The second-order valence-corrected chi connectivity index (χ2v) is 3.68. The summed E-state index contributed by atoms with van der Waals surface area (Å²) < 4.78 is 11.2. The largest absolute Gasteiger partial charge is 0.472 e. The number of benzene rings is 2. The molecule has 1 atom stereocenters. The van der Waals surface area contributed by atoms with E-state index in [2.05, 4.69) is 0 Å². The van der Waals surface area contributed by atoms with Crippen molar-refractivity contribution in [3.8, 4) is 17.2 Å². The van der Waals surface area contributed by atoms with Crippen molar-refractivity contribution in [2.45, 2.75) is 13.2 Å². The summed E-state index contributed by atoms with van der Waals surface area (Å²) in [6.07, 6.45) is -0.365. The Kier molecular flexibility index (Phi) is 3.62. The number of hydrogen-bond acceptors (Lipinski definition) is 3. The SMILES string of the molecule is CC(N)Oc1ccccc1Oc1ccccc1. The molecule has 88 valence electrons. The average molecular weight is 229 g/mol. The first-order chi connectivity index (χ1) is 8.25. The Hall–Kier alpha value is -2.00. The second kappa shape index (κ2) is 5.37. The van der Waals surface area contributed by atoms with Gasteiger partial charge in [-0.1, -0.05) is 30.3 Å². The summed E-state index contributed by atoms with van der Waals surface area (Å²) in [7, 11) is 0. The quantitative estimate of drug-likeness (QED) is 0.819. The van der Waals surface area contributed by atoms with E-state index in [0.717, 1.165) is 5.75 Å². The molecule has 0 saturated carbocycles. The van der Waals surface area contributed by atoms with E-state index < -0.39 is 0 Å². The molecule has 0 aliphatic heterocycles. The van der Waals surface area contributed by atoms with Crippen molar-refractivity contribution in [1.82, 2.24) is 0 Å². The lowest BCUT2D eigenvalue weighted by atomic mass is 10.3. The van der Waals surface area contributed by atoms with Crippen LogP contribution in [0.4, 0.5) is 0 Å². The summed E-state index contributed by atoms with van der Waals surface area (Å²) in [5, 5.41) is 0. The molecule has 3 nitrogen and oxygen atoms in total. The van der Waals surface area contributed by atoms with Crippen LogP contribution < -0.4 is 15.2 Å². The van der Waals surface area contributed by atoms with Crippen LogP contribution in [-0.2, 0) is 0 Å². The summed E-state index contributed by atoms with van der Waals surface area (Å²) in [4.78, 5) is 0. The summed E-state index contributed by atoms with van der Waals surface area (Å²) in [6, 6.07) is 17.0. The summed E-state index contributed by atoms with van der Waals surface area (Å²) >= 11 is 0. The van der Waals surface area contributed by atoms with Crippen LogP contribution >= 0.6 is 0 Å². The van der Waals surface area contributed by atoms with Crippen LogP contribution in [0.25, 0.3) is 0 Å². The Morgan fingerprint density at radius 2 is 1.47 bits per heavy atom. The number of rotatable bonds is 4. The minimum absolute atomic E-state index is 0.365. The molecule has 2 aromatic rings. The van der Waals surface area contributed by atoms with Gasteiger partial charge >= 0.3 is 0 Å². The van der Waals surface area contributed by atoms with E-state index in [9.17, 15) is 0 Å². The van der Waals surface area contributed by atoms with E-state index in [0.29, 0.717) is 11.5 Å². The minimum atomic E-state index is -0.365. The standard InChI is InChI=1S/C14H15NO2/c1-11(15)16-13-9-5-6-10-14(13)17-12-7-3-2-4-8-12/h2-11H,15H2,1H3. The van der Waals surface area contributed by atoms with Gasteiger partial charge in [0.15, 0.2) is 11.5 Å². The number of para-hydroxylation sites is 3. The molecule has 1 unspecified atom stereocenters. The predicted octanol–water partition coefficient (Wildman–Crippen LogP) is 3.16. The van der Waals surface area contributed by atoms with Gasteiger partial charge in [0.1, 0.15) is 12.0 Å². The van der Waals surface area contributed by atoms with Gasteiger partial charge in [0.2, 0.25) is 0 Å².